The largest absolute Gasteiger partial charge is 0.298 e. The average Bonchev–Trinajstić information content (AvgIpc) is 2.83. The van der Waals surface area contributed by atoms with Gasteiger partial charge < -0.3 is 0 Å². The molecule has 2 aromatic carbocycles. The first-order valence-corrected chi connectivity index (χ1v) is 9.08. The molecule has 1 amide bonds. The molecule has 2 aliphatic heterocycles. The van der Waals surface area contributed by atoms with Gasteiger partial charge in [-0.15, -0.1) is 0 Å². The third-order valence-corrected chi connectivity index (χ3v) is 5.89. The second kappa shape index (κ2) is 5.64. The van der Waals surface area contributed by atoms with Crippen molar-refractivity contribution in [3.63, 3.8) is 0 Å². The van der Waals surface area contributed by atoms with Crippen LogP contribution in [0.1, 0.15) is 31.9 Å². The summed E-state index contributed by atoms with van der Waals surface area (Å²) in [6, 6.07) is 13.8. The monoisotopic (exact) mass is 379 g/mol. The molecule has 2 aliphatic rings. The lowest BCUT2D eigenvalue weighted by atomic mass is 9.69. The van der Waals surface area contributed by atoms with Gasteiger partial charge in [0.1, 0.15) is 0 Å². The van der Waals surface area contributed by atoms with E-state index in [0.717, 1.165) is 5.56 Å². The van der Waals surface area contributed by atoms with Crippen LogP contribution in [0.5, 0.6) is 0 Å². The van der Waals surface area contributed by atoms with Crippen molar-refractivity contribution in [2.24, 2.45) is 0 Å². The number of carbonyl (C=O) groups excluding carboxylic acids is 3. The molecule has 4 rings (SSSR count). The molecule has 0 radical (unpaired) electrons. The zero-order valence-electron chi connectivity index (χ0n) is 15.2. The molecule has 2 aromatic rings. The first-order valence-electron chi connectivity index (χ1n) is 8.70. The van der Waals surface area contributed by atoms with Gasteiger partial charge in [-0.2, -0.15) is 0 Å². The number of hydrogen-bond acceptors (Lipinski definition) is 3. The minimum atomic E-state index is -1.86. The van der Waals surface area contributed by atoms with Crippen molar-refractivity contribution in [1.29, 1.82) is 0 Å². The maximum absolute atomic E-state index is 13.7. The number of amides is 1. The van der Waals surface area contributed by atoms with Crippen LogP contribution in [-0.4, -0.2) is 17.5 Å². The van der Waals surface area contributed by atoms with Gasteiger partial charge in [0.2, 0.25) is 0 Å². The van der Waals surface area contributed by atoms with E-state index >= 15 is 0 Å². The van der Waals surface area contributed by atoms with Gasteiger partial charge >= 0.3 is 0 Å². The Hall–Kier alpha value is -2.72. The number of nitrogens with zero attached hydrogens (tertiary/aromatic N) is 1. The van der Waals surface area contributed by atoms with E-state index in [1.54, 1.807) is 42.5 Å². The van der Waals surface area contributed by atoms with Gasteiger partial charge in [-0.3, -0.25) is 19.3 Å². The fraction of sp³-hybridized carbons (Fsp3) is 0.227. The van der Waals surface area contributed by atoms with E-state index < -0.39 is 28.3 Å². The van der Waals surface area contributed by atoms with Gasteiger partial charge in [0.15, 0.2) is 17.0 Å². The van der Waals surface area contributed by atoms with Crippen molar-refractivity contribution in [2.75, 3.05) is 4.90 Å². The van der Waals surface area contributed by atoms with Crippen LogP contribution in [-0.2, 0) is 25.2 Å². The summed E-state index contributed by atoms with van der Waals surface area (Å²) in [6.07, 6.45) is 1.45. The van der Waals surface area contributed by atoms with E-state index in [4.69, 9.17) is 11.6 Å². The van der Waals surface area contributed by atoms with E-state index in [9.17, 15) is 14.4 Å². The third kappa shape index (κ3) is 2.13. The lowest BCUT2D eigenvalue weighted by Gasteiger charge is -2.38. The minimum absolute atomic E-state index is 0.392. The number of anilines is 1. The van der Waals surface area contributed by atoms with Crippen molar-refractivity contribution in [2.45, 2.75) is 31.6 Å². The first kappa shape index (κ1) is 17.7. The summed E-state index contributed by atoms with van der Waals surface area (Å²) in [6.45, 7) is 5.18. The predicted molar refractivity (Wildman–Crippen MR) is 104 cm³/mol. The summed E-state index contributed by atoms with van der Waals surface area (Å²) in [5, 5.41) is 0.557. The van der Waals surface area contributed by atoms with Crippen molar-refractivity contribution in [3.05, 3.63) is 76.5 Å². The smallest absolute Gasteiger partial charge is 0.257 e. The third-order valence-electron chi connectivity index (χ3n) is 5.65. The summed E-state index contributed by atoms with van der Waals surface area (Å²) in [4.78, 5) is 41.2. The van der Waals surface area contributed by atoms with Gasteiger partial charge in [-0.1, -0.05) is 55.8 Å². The normalized spacial score (nSPS) is 23.0. The Balaban J connectivity index is 2.03. The summed E-state index contributed by atoms with van der Waals surface area (Å²) in [7, 11) is 0. The van der Waals surface area contributed by atoms with Gasteiger partial charge in [0, 0.05) is 22.2 Å². The molecule has 0 aliphatic carbocycles. The Morgan fingerprint density at radius 1 is 1.04 bits per heavy atom. The molecular weight excluding hydrogens is 362 g/mol. The SMILES string of the molecule is CC(=O)C1(c2ccccc2)C(=O)C=C2N(C1=O)c1ccc(Cl)cc1C2(C)C. The quantitative estimate of drug-likeness (QED) is 0.742. The van der Waals surface area contributed by atoms with E-state index in [1.807, 2.05) is 19.9 Å². The van der Waals surface area contributed by atoms with Crippen LogP contribution in [0.4, 0.5) is 5.69 Å². The first-order chi connectivity index (χ1) is 12.7. The summed E-state index contributed by atoms with van der Waals surface area (Å²) in [5.74, 6) is -1.51. The van der Waals surface area contributed by atoms with Gasteiger partial charge in [0.05, 0.1) is 5.69 Å². The van der Waals surface area contributed by atoms with Crippen LogP contribution >= 0.6 is 11.6 Å². The molecule has 2 heterocycles. The number of allylic oxidation sites excluding steroid dienone is 2. The Kier molecular flexibility index (Phi) is 3.69. The number of rotatable bonds is 2. The number of Topliss-reactive ketones (excluding diaryl/α,β-unsaturated/α-hetero) is 1. The highest BCUT2D eigenvalue weighted by Gasteiger charge is 2.59. The molecule has 0 fully saturated rings. The van der Waals surface area contributed by atoms with Crippen LogP contribution in [0, 0.1) is 0 Å². The number of benzene rings is 2. The van der Waals surface area contributed by atoms with Gasteiger partial charge in [-0.25, -0.2) is 0 Å². The molecule has 136 valence electrons. The molecule has 4 nitrogen and oxygen atoms in total. The number of ketones is 2. The van der Waals surface area contributed by atoms with Crippen molar-refractivity contribution in [1.82, 2.24) is 0 Å². The number of carbonyl (C=O) groups is 3. The van der Waals surface area contributed by atoms with Crippen LogP contribution in [0.2, 0.25) is 5.02 Å². The molecular formula is C22H18ClNO3. The lowest BCUT2D eigenvalue weighted by Crippen LogP contribution is -2.58. The van der Waals surface area contributed by atoms with Crippen molar-refractivity contribution in [3.8, 4) is 0 Å². The molecule has 0 N–H and O–H groups in total. The molecule has 0 spiro atoms. The van der Waals surface area contributed by atoms with Crippen LogP contribution in [0.15, 0.2) is 60.3 Å². The number of halogens is 1. The van der Waals surface area contributed by atoms with Crippen LogP contribution in [0.25, 0.3) is 0 Å². The fourth-order valence-corrected chi connectivity index (χ4v) is 4.37. The molecule has 0 bridgehead atoms. The summed E-state index contributed by atoms with van der Waals surface area (Å²) in [5.41, 5.74) is 0.0444. The molecule has 0 aromatic heterocycles. The van der Waals surface area contributed by atoms with E-state index in [0.29, 0.717) is 22.0 Å². The average molecular weight is 380 g/mol. The van der Waals surface area contributed by atoms with E-state index in [1.165, 1.54) is 17.9 Å². The number of fused-ring (bicyclic) bond motifs is 3. The second-order valence-electron chi connectivity index (χ2n) is 7.49. The zero-order chi connectivity index (χ0) is 19.6. The second-order valence-corrected chi connectivity index (χ2v) is 7.93. The molecule has 0 saturated heterocycles. The van der Waals surface area contributed by atoms with E-state index in [2.05, 4.69) is 0 Å². The summed E-state index contributed by atoms with van der Waals surface area (Å²) >= 11 is 6.17. The lowest BCUT2D eigenvalue weighted by molar-refractivity contribution is -0.140. The topological polar surface area (TPSA) is 54.5 Å². The molecule has 27 heavy (non-hydrogen) atoms. The Labute approximate surface area is 162 Å². The summed E-state index contributed by atoms with van der Waals surface area (Å²) < 4.78 is 0. The standard InChI is InChI=1S/C22H18ClNO3/c1-13(25)22(14-7-5-4-6-8-14)19(26)12-18-21(2,3)16-11-15(23)9-10-17(16)24(18)20(22)27/h4-12H,1-3H3. The molecule has 0 saturated carbocycles. The van der Waals surface area contributed by atoms with Crippen molar-refractivity contribution >= 4 is 34.8 Å². The minimum Gasteiger partial charge on any atom is -0.298 e. The predicted octanol–water partition coefficient (Wildman–Crippen LogP) is 3.96. The maximum atomic E-state index is 13.7. The Morgan fingerprint density at radius 3 is 2.33 bits per heavy atom. The molecule has 1 unspecified atom stereocenters. The highest BCUT2D eigenvalue weighted by Crippen LogP contribution is 2.52. The Morgan fingerprint density at radius 2 is 1.70 bits per heavy atom. The fourth-order valence-electron chi connectivity index (χ4n) is 4.20. The highest BCUT2D eigenvalue weighted by molar-refractivity contribution is 6.37. The number of hydrogen-bond donors (Lipinski definition) is 0. The van der Waals surface area contributed by atoms with E-state index in [-0.39, 0.29) is 0 Å². The highest BCUT2D eigenvalue weighted by atomic mass is 35.5. The van der Waals surface area contributed by atoms with Gasteiger partial charge in [0.25, 0.3) is 5.91 Å². The van der Waals surface area contributed by atoms with Gasteiger partial charge in [-0.05, 0) is 36.2 Å². The van der Waals surface area contributed by atoms with Crippen molar-refractivity contribution < 1.29 is 14.4 Å². The maximum Gasteiger partial charge on any atom is 0.257 e. The zero-order valence-corrected chi connectivity index (χ0v) is 16.0. The van der Waals surface area contributed by atoms with Crippen LogP contribution in [0.3, 0.4) is 0 Å². The van der Waals surface area contributed by atoms with Crippen LogP contribution < -0.4 is 4.90 Å². The molecule has 5 heteroatoms. The molecule has 1 atom stereocenters. The Bertz CT molecular complexity index is 1040.